The molecule has 8 rings (SSSR count). The molecule has 2 aromatic rings. The molecule has 0 radical (unpaired) electrons. The zero-order valence-electron chi connectivity index (χ0n) is 66.9. The Hall–Kier alpha value is -12.3. The largest absolute Gasteiger partial charge is 0.423 e. The molecule has 0 saturated carbocycles. The van der Waals surface area contributed by atoms with Crippen LogP contribution in [0.2, 0.25) is 0 Å². The fraction of sp³-hybridized carbons (Fsp3) is 0.554. The van der Waals surface area contributed by atoms with Crippen molar-refractivity contribution >= 4 is 152 Å². The number of fused-ring (bicyclic) bond motifs is 6. The number of benzene rings is 1. The predicted octanol–water partition coefficient (Wildman–Crippen LogP) is -9.88. The van der Waals surface area contributed by atoms with Crippen molar-refractivity contribution in [3.63, 3.8) is 0 Å². The van der Waals surface area contributed by atoms with Gasteiger partial charge in [0.25, 0.3) is 23.6 Å². The quantitative estimate of drug-likeness (QED) is 0.0630. The fourth-order valence-corrected chi connectivity index (χ4v) is 14.5. The number of carbonyl (C=O) groups excluding carboxylic acids is 21. The van der Waals surface area contributed by atoms with E-state index in [0.717, 1.165) is 35.3 Å². The molecular formula is C74H99N19O27S. The highest BCUT2D eigenvalue weighted by molar-refractivity contribution is 7.99. The van der Waals surface area contributed by atoms with Crippen molar-refractivity contribution < 1.29 is 130 Å². The second-order valence-electron chi connectivity index (χ2n) is 29.4. The maximum Gasteiger partial charge on any atom is 0.333 e. The van der Waals surface area contributed by atoms with E-state index in [2.05, 4.69) is 79.4 Å². The third kappa shape index (κ3) is 24.9. The minimum absolute atomic E-state index is 0.0488. The molecule has 121 heavy (non-hydrogen) atoms. The van der Waals surface area contributed by atoms with E-state index in [0.29, 0.717) is 28.0 Å². The van der Waals surface area contributed by atoms with Gasteiger partial charge in [-0.1, -0.05) is 27.2 Å². The average Bonchev–Trinajstić information content (AvgIpc) is 1.66. The van der Waals surface area contributed by atoms with Gasteiger partial charge >= 0.3 is 5.97 Å². The van der Waals surface area contributed by atoms with Crippen LogP contribution >= 0.6 is 11.8 Å². The van der Waals surface area contributed by atoms with Gasteiger partial charge in [-0.25, -0.2) is 4.79 Å². The number of thioether (sulfide) groups is 1. The molecule has 1 saturated heterocycles. The summed E-state index contributed by atoms with van der Waals surface area (Å²) in [5, 5.41) is 66.8. The number of amides is 20. The summed E-state index contributed by atoms with van der Waals surface area (Å²) >= 11 is 0.699. The Labute approximate surface area is 694 Å². The molecule has 0 aliphatic carbocycles. The molecule has 20 N–H and O–H groups in total. The number of aromatic nitrogens is 1. The summed E-state index contributed by atoms with van der Waals surface area (Å²) in [6.45, 7) is 3.53. The van der Waals surface area contributed by atoms with Crippen LogP contribution in [0.25, 0.3) is 10.9 Å². The normalized spacial score (nSPS) is 28.0. The number of aromatic amines is 1. The van der Waals surface area contributed by atoms with Gasteiger partial charge in [-0.05, 0) is 45.2 Å². The van der Waals surface area contributed by atoms with Gasteiger partial charge in [0.15, 0.2) is 5.75 Å². The minimum Gasteiger partial charge on any atom is -0.423 e. The van der Waals surface area contributed by atoms with E-state index in [1.54, 1.807) is 13.8 Å². The van der Waals surface area contributed by atoms with E-state index in [4.69, 9.17) is 19.9 Å². The SMILES string of the molecule is CC[C@H](C)[C@@H]1CNC(=O)CNC(=O)[C@@H]2Cc3c([nH]c4cc5c(cc34)NC(=O)C(C)NC(=O)C(C)NC(=O)CCOCCNC(=O)C(N3C(=O)C=CC3=O)C(N3C(=O)C=CC3=O)C(=O)NCCOCCC(=O)NC(C)C(=O)NC(C)C(=O)O5)SC[C@H](NC(=O)CNC1=O)C(=O)N[C@@H](CC(N)=O)C(=O)N1C[C@H](O)C[C@H]1C(=O)N[C@@H](C(C)[C@@H](O)CO)C(=O)N2. The number of aliphatic hydroxyl groups excluding tert-OH is 3. The predicted molar refractivity (Wildman–Crippen MR) is 416 cm³/mol. The summed E-state index contributed by atoms with van der Waals surface area (Å²) in [5.74, 6) is -26.5. The molecule has 6 aliphatic rings. The lowest BCUT2D eigenvalue weighted by Gasteiger charge is -2.35. The highest BCUT2D eigenvalue weighted by Crippen LogP contribution is 2.38. The summed E-state index contributed by atoms with van der Waals surface area (Å²) in [5.41, 5.74) is 5.07. The number of imide groups is 2. The zero-order chi connectivity index (χ0) is 89.0. The Kier molecular flexibility index (Phi) is 33.5. The summed E-state index contributed by atoms with van der Waals surface area (Å²) in [6, 6.07) is -17.5. The number of esters is 1. The first kappa shape index (κ1) is 94.1. The van der Waals surface area contributed by atoms with E-state index in [1.165, 1.54) is 40.7 Å². The van der Waals surface area contributed by atoms with Gasteiger partial charge in [-0.3, -0.25) is 106 Å². The molecule has 7 heterocycles. The summed E-state index contributed by atoms with van der Waals surface area (Å²) in [4.78, 5) is 298. The first-order valence-electron chi connectivity index (χ1n) is 38.7. The van der Waals surface area contributed by atoms with Gasteiger partial charge in [-0.2, -0.15) is 0 Å². The number of carbonyl (C=O) groups is 21. The molecular weight excluding hydrogens is 1620 g/mol. The maximum atomic E-state index is 15.2. The molecule has 47 heteroatoms. The van der Waals surface area contributed by atoms with Crippen LogP contribution < -0.4 is 84.9 Å². The molecule has 658 valence electrons. The molecule has 46 nitrogen and oxygen atoms in total. The number of primary amides is 1. The second-order valence-corrected chi connectivity index (χ2v) is 30.4. The molecule has 6 aliphatic heterocycles. The summed E-state index contributed by atoms with van der Waals surface area (Å²) in [7, 11) is 0. The lowest BCUT2D eigenvalue weighted by Crippen LogP contribution is -2.66. The monoisotopic (exact) mass is 1720 g/mol. The van der Waals surface area contributed by atoms with Crippen LogP contribution in [-0.2, 0) is 117 Å². The van der Waals surface area contributed by atoms with Crippen LogP contribution in [0.3, 0.4) is 0 Å². The number of rotatable bonds is 9. The van der Waals surface area contributed by atoms with Crippen molar-refractivity contribution in [2.24, 2.45) is 23.5 Å². The van der Waals surface area contributed by atoms with Crippen LogP contribution in [0.4, 0.5) is 5.69 Å². The molecule has 1 fully saturated rings. The van der Waals surface area contributed by atoms with Crippen LogP contribution in [-0.4, -0.2) is 316 Å². The fourth-order valence-electron chi connectivity index (χ4n) is 13.4. The van der Waals surface area contributed by atoms with E-state index in [-0.39, 0.29) is 54.5 Å². The van der Waals surface area contributed by atoms with E-state index in [1.807, 2.05) is 0 Å². The number of aliphatic hydroxyl groups is 3. The van der Waals surface area contributed by atoms with E-state index >= 15 is 9.59 Å². The second kappa shape index (κ2) is 43.1. The number of nitrogens with two attached hydrogens (primary N) is 1. The Morgan fingerprint density at radius 2 is 1.12 bits per heavy atom. The Bertz CT molecular complexity index is 4440. The summed E-state index contributed by atoms with van der Waals surface area (Å²) < 4.78 is 17.0. The molecule has 1 aromatic carbocycles. The number of hydrogen-bond acceptors (Lipinski definition) is 28. The van der Waals surface area contributed by atoms with Crippen LogP contribution in [0.1, 0.15) is 86.1 Å². The number of anilines is 1. The average molecular weight is 1720 g/mol. The van der Waals surface area contributed by atoms with Crippen LogP contribution in [0, 0.1) is 17.8 Å². The Balaban J connectivity index is 1.18. The van der Waals surface area contributed by atoms with Crippen molar-refractivity contribution in [3.05, 3.63) is 42.0 Å². The number of hydrogen-bond donors (Lipinski definition) is 19. The van der Waals surface area contributed by atoms with Gasteiger partial charge in [0.2, 0.25) is 94.5 Å². The molecule has 16 atom stereocenters. The van der Waals surface area contributed by atoms with Crippen molar-refractivity contribution in [2.75, 3.05) is 83.4 Å². The van der Waals surface area contributed by atoms with Gasteiger partial charge in [0.05, 0.1) is 86.9 Å². The van der Waals surface area contributed by atoms with Gasteiger partial charge in [0, 0.05) is 99.3 Å². The standard InChI is InChI=1S/C74H99N19O27S/c1-8-32(2)41-26-78-53(100)27-80-66(110)44-23-40-39-22-43-49(24-42(39)89-72(40)121-31-46(85-54(101)28-79-65(41)109)67(111)88-45(25-50(75)97)73(116)91-29-38(95)21-47(91)68(112)90-59(69(113)87-44)33(3)48(96)30-94)120-74(117)37(7)84-63(107)35(5)82-52(99)14-18-119-20-16-77-71(115)61(93-57(104)11-12-58(93)105)60(92-55(102)9-10-56(92)103)70(114)76-15-19-118-17-13-51(98)81-34(4)62(106)83-36(6)64(108)86-43/h9-12,22,24,32-38,41,44-48,59-61,89,94-96H,8,13-21,23,25-31H2,1-7H3,(H2,75,97)(H,76,114)(H,77,115)(H,78,100)(H,79,109)(H,80,110)(H,81,98)(H,82,99)(H,83,106)(H,84,107)(H,85,101)(H,86,108)(H,87,113)(H,88,111)(H,90,112)/t32-,33?,34?,35?,36?,37?,38+,41-,44-,45-,46-,47-,48-,59-,60?,61?/m0/s1. The smallest absolute Gasteiger partial charge is 0.333 e. The van der Waals surface area contributed by atoms with Gasteiger partial charge < -0.3 is 120 Å². The zero-order valence-corrected chi connectivity index (χ0v) is 67.7. The first-order chi connectivity index (χ1) is 57.3. The lowest BCUT2D eigenvalue weighted by molar-refractivity contribution is -0.156. The minimum atomic E-state index is -2.18. The number of nitrogens with one attached hydrogen (secondary N) is 15. The number of nitrogens with zero attached hydrogens (tertiary/aromatic N) is 3. The third-order valence-corrected chi connectivity index (χ3v) is 21.6. The first-order valence-corrected chi connectivity index (χ1v) is 39.7. The van der Waals surface area contributed by atoms with Crippen molar-refractivity contribution in [1.82, 2.24) is 88.8 Å². The third-order valence-electron chi connectivity index (χ3n) is 20.5. The molecule has 7 unspecified atom stereocenters. The van der Waals surface area contributed by atoms with Crippen molar-refractivity contribution in [2.45, 2.75) is 171 Å². The van der Waals surface area contributed by atoms with Crippen molar-refractivity contribution in [3.8, 4) is 5.75 Å². The molecule has 2 bridgehead atoms. The molecule has 0 spiro atoms. The topological polar surface area (TPSA) is 667 Å². The van der Waals surface area contributed by atoms with E-state index in [9.17, 15) is 106 Å². The highest BCUT2D eigenvalue weighted by atomic mass is 32.2. The number of ether oxygens (including phenoxy) is 3. The van der Waals surface area contributed by atoms with Crippen molar-refractivity contribution in [1.29, 1.82) is 0 Å². The molecule has 1 aromatic heterocycles. The molecule has 20 amide bonds. The summed E-state index contributed by atoms with van der Waals surface area (Å²) in [6.07, 6.45) is -2.79. The van der Waals surface area contributed by atoms with Crippen LogP contribution in [0.15, 0.2) is 41.5 Å². The lowest BCUT2D eigenvalue weighted by atomic mass is 9.90. The van der Waals surface area contributed by atoms with Gasteiger partial charge in [0.1, 0.15) is 66.5 Å². The highest BCUT2D eigenvalue weighted by Gasteiger charge is 2.51. The van der Waals surface area contributed by atoms with Crippen LogP contribution in [0.5, 0.6) is 5.75 Å². The van der Waals surface area contributed by atoms with E-state index < -0.39 is 309 Å². The Morgan fingerprint density at radius 3 is 1.68 bits per heavy atom. The van der Waals surface area contributed by atoms with Gasteiger partial charge in [-0.15, -0.1) is 11.8 Å². The Morgan fingerprint density at radius 1 is 0.579 bits per heavy atom. The number of H-pyrrole nitrogens is 1. The maximum absolute atomic E-state index is 15.2.